The second-order valence-electron chi connectivity index (χ2n) is 4.76. The molecule has 1 heterocycles. The van der Waals surface area contributed by atoms with Gasteiger partial charge in [0.05, 0.1) is 12.4 Å². The minimum absolute atomic E-state index is 0.156. The molecule has 4 heteroatoms. The van der Waals surface area contributed by atoms with Crippen LogP contribution in [-0.2, 0) is 0 Å². The molecule has 0 radical (unpaired) electrons. The summed E-state index contributed by atoms with van der Waals surface area (Å²) >= 11 is 3.63. The number of ether oxygens (including phenoxy) is 1. The molecule has 2 aromatic rings. The van der Waals surface area contributed by atoms with E-state index in [1.54, 1.807) is 18.4 Å². The number of thioether (sulfide) groups is 1. The van der Waals surface area contributed by atoms with E-state index in [9.17, 15) is 0 Å². The van der Waals surface area contributed by atoms with Gasteiger partial charge < -0.3 is 10.5 Å². The van der Waals surface area contributed by atoms with Crippen molar-refractivity contribution in [2.75, 3.05) is 7.11 Å². The van der Waals surface area contributed by atoms with E-state index in [-0.39, 0.29) is 6.04 Å². The Bertz CT molecular complexity index is 553. The van der Waals surface area contributed by atoms with E-state index in [0.717, 1.165) is 12.2 Å². The Balaban J connectivity index is 2.26. The van der Waals surface area contributed by atoms with Gasteiger partial charge in [-0.1, -0.05) is 13.0 Å². The van der Waals surface area contributed by atoms with Crippen LogP contribution in [-0.4, -0.2) is 13.2 Å². The second kappa shape index (κ2) is 7.16. The fraction of sp³-hybridized carbons (Fsp3) is 0.375. The zero-order valence-corrected chi connectivity index (χ0v) is 13.8. The molecule has 0 aliphatic heterocycles. The summed E-state index contributed by atoms with van der Waals surface area (Å²) in [6.07, 6.45) is 0.971. The summed E-state index contributed by atoms with van der Waals surface area (Å²) in [7, 11) is 1.70. The molecule has 2 rings (SSSR count). The first kappa shape index (κ1) is 15.4. The molecule has 0 spiro atoms. The van der Waals surface area contributed by atoms with E-state index >= 15 is 0 Å². The number of rotatable bonds is 6. The number of nitrogens with two attached hydrogens (primary N) is 1. The minimum Gasteiger partial charge on any atom is -0.497 e. The predicted octanol–water partition coefficient (Wildman–Crippen LogP) is 4.64. The van der Waals surface area contributed by atoms with Gasteiger partial charge in [0.25, 0.3) is 0 Å². The third kappa shape index (κ3) is 3.57. The molecule has 0 aliphatic carbocycles. The number of aryl methyl sites for hydroxylation is 1. The highest BCUT2D eigenvalue weighted by Crippen LogP contribution is 2.42. The van der Waals surface area contributed by atoms with Gasteiger partial charge in [0, 0.05) is 15.8 Å². The van der Waals surface area contributed by atoms with Crippen LogP contribution in [0.2, 0.25) is 0 Å². The quantitative estimate of drug-likeness (QED) is 0.790. The highest BCUT2D eigenvalue weighted by molar-refractivity contribution is 7.99. The lowest BCUT2D eigenvalue weighted by atomic mass is 10.1. The summed E-state index contributed by atoms with van der Waals surface area (Å²) < 4.78 is 5.30. The molecule has 0 saturated carbocycles. The Kier molecular flexibility index (Phi) is 5.52. The predicted molar refractivity (Wildman–Crippen MR) is 88.9 cm³/mol. The molecule has 2 nitrogen and oxygen atoms in total. The number of methoxy groups -OCH3 is 1. The van der Waals surface area contributed by atoms with Gasteiger partial charge in [-0.05, 0) is 48.6 Å². The Labute approximate surface area is 129 Å². The molecule has 0 bridgehead atoms. The maximum Gasteiger partial charge on any atom is 0.119 e. The molecular weight excluding hydrogens is 286 g/mol. The van der Waals surface area contributed by atoms with Gasteiger partial charge >= 0.3 is 0 Å². The molecule has 108 valence electrons. The van der Waals surface area contributed by atoms with Crippen molar-refractivity contribution >= 4 is 23.1 Å². The Morgan fingerprint density at radius 2 is 2.15 bits per heavy atom. The molecule has 1 aromatic carbocycles. The van der Waals surface area contributed by atoms with E-state index < -0.39 is 0 Å². The molecule has 0 saturated heterocycles. The fourth-order valence-corrected chi connectivity index (χ4v) is 4.63. The van der Waals surface area contributed by atoms with E-state index in [0.29, 0.717) is 5.25 Å². The number of thiophene rings is 1. The van der Waals surface area contributed by atoms with Gasteiger partial charge in [0.2, 0.25) is 0 Å². The lowest BCUT2D eigenvalue weighted by molar-refractivity contribution is 0.413. The summed E-state index contributed by atoms with van der Waals surface area (Å²) in [5.41, 5.74) is 7.68. The first-order valence-corrected chi connectivity index (χ1v) is 8.52. The largest absolute Gasteiger partial charge is 0.497 e. The van der Waals surface area contributed by atoms with Gasteiger partial charge in [-0.2, -0.15) is 0 Å². The first-order valence-electron chi connectivity index (χ1n) is 6.76. The summed E-state index contributed by atoms with van der Waals surface area (Å²) in [5.74, 6) is 0.890. The zero-order chi connectivity index (χ0) is 14.5. The van der Waals surface area contributed by atoms with E-state index in [2.05, 4.69) is 37.4 Å². The molecule has 0 aliphatic rings. The van der Waals surface area contributed by atoms with E-state index in [4.69, 9.17) is 10.5 Å². The number of hydrogen-bond donors (Lipinski definition) is 1. The van der Waals surface area contributed by atoms with E-state index in [1.807, 2.05) is 23.9 Å². The maximum atomic E-state index is 6.35. The van der Waals surface area contributed by atoms with Crippen LogP contribution in [0.3, 0.4) is 0 Å². The van der Waals surface area contributed by atoms with Crippen LogP contribution in [0.4, 0.5) is 0 Å². The van der Waals surface area contributed by atoms with Crippen molar-refractivity contribution in [3.63, 3.8) is 0 Å². The lowest BCUT2D eigenvalue weighted by Crippen LogP contribution is -2.25. The molecule has 0 amide bonds. The molecule has 2 atom stereocenters. The average Bonchev–Trinajstić information content (AvgIpc) is 2.90. The lowest BCUT2D eigenvalue weighted by Gasteiger charge is -2.22. The van der Waals surface area contributed by atoms with Crippen molar-refractivity contribution in [1.29, 1.82) is 0 Å². The maximum absolute atomic E-state index is 6.35. The summed E-state index contributed by atoms with van der Waals surface area (Å²) in [6.45, 7) is 4.31. The number of benzene rings is 1. The van der Waals surface area contributed by atoms with Gasteiger partial charge in [-0.25, -0.2) is 0 Å². The van der Waals surface area contributed by atoms with Gasteiger partial charge in [0.1, 0.15) is 5.75 Å². The molecule has 1 aromatic heterocycles. The van der Waals surface area contributed by atoms with E-state index in [1.165, 1.54) is 15.3 Å². The van der Waals surface area contributed by atoms with Crippen molar-refractivity contribution in [3.8, 4) is 5.75 Å². The zero-order valence-electron chi connectivity index (χ0n) is 12.1. The van der Waals surface area contributed by atoms with Crippen molar-refractivity contribution in [3.05, 3.63) is 46.2 Å². The molecular formula is C16H21NOS2. The van der Waals surface area contributed by atoms with Crippen LogP contribution in [0, 0.1) is 6.92 Å². The molecule has 2 unspecified atom stereocenters. The smallest absolute Gasteiger partial charge is 0.119 e. The Hall–Kier alpha value is -0.970. The van der Waals surface area contributed by atoms with Gasteiger partial charge in [-0.15, -0.1) is 23.1 Å². The van der Waals surface area contributed by atoms with Crippen LogP contribution < -0.4 is 10.5 Å². The van der Waals surface area contributed by atoms with Gasteiger partial charge in [0.15, 0.2) is 0 Å². The van der Waals surface area contributed by atoms with Gasteiger partial charge in [-0.3, -0.25) is 0 Å². The highest BCUT2D eigenvalue weighted by atomic mass is 32.2. The number of hydrogen-bond acceptors (Lipinski definition) is 4. The standard InChI is InChI=1S/C16H21NOS2/c1-4-14(17)16(15-11(2)8-9-19-15)20-13-7-5-6-12(10-13)18-3/h5-10,14,16H,4,17H2,1-3H3. The monoisotopic (exact) mass is 307 g/mol. The summed E-state index contributed by atoms with van der Waals surface area (Å²) in [4.78, 5) is 2.58. The second-order valence-corrected chi connectivity index (χ2v) is 6.92. The van der Waals surface area contributed by atoms with Crippen molar-refractivity contribution in [2.45, 2.75) is 36.5 Å². The van der Waals surface area contributed by atoms with Crippen molar-refractivity contribution < 1.29 is 4.74 Å². The Morgan fingerprint density at radius 1 is 1.35 bits per heavy atom. The van der Waals surface area contributed by atoms with Crippen LogP contribution in [0.15, 0.2) is 40.6 Å². The molecule has 2 N–H and O–H groups in total. The topological polar surface area (TPSA) is 35.2 Å². The van der Waals surface area contributed by atoms with Crippen molar-refractivity contribution in [1.82, 2.24) is 0 Å². The molecule has 20 heavy (non-hydrogen) atoms. The summed E-state index contributed by atoms with van der Waals surface area (Å²) in [6, 6.07) is 10.5. The summed E-state index contributed by atoms with van der Waals surface area (Å²) in [5, 5.41) is 2.44. The van der Waals surface area contributed by atoms with Crippen LogP contribution >= 0.6 is 23.1 Å². The van der Waals surface area contributed by atoms with Crippen molar-refractivity contribution in [2.24, 2.45) is 5.73 Å². The molecule has 0 fully saturated rings. The van der Waals surface area contributed by atoms with Crippen LogP contribution in [0.5, 0.6) is 5.75 Å². The fourth-order valence-electron chi connectivity index (χ4n) is 2.05. The van der Waals surface area contributed by atoms with Crippen LogP contribution in [0.25, 0.3) is 0 Å². The minimum atomic E-state index is 0.156. The first-order chi connectivity index (χ1) is 9.65. The third-order valence-electron chi connectivity index (χ3n) is 3.32. The Morgan fingerprint density at radius 3 is 2.75 bits per heavy atom. The van der Waals surface area contributed by atoms with Crippen LogP contribution in [0.1, 0.15) is 29.0 Å². The highest BCUT2D eigenvalue weighted by Gasteiger charge is 2.22. The SMILES string of the molecule is CCC(N)C(Sc1cccc(OC)c1)c1sccc1C. The third-order valence-corrected chi connectivity index (χ3v) is 5.94. The normalized spacial score (nSPS) is 14.0. The average molecular weight is 307 g/mol.